The molecule has 5 heteroatoms. The molecule has 0 amide bonds. The second-order valence-corrected chi connectivity index (χ2v) is 5.97. The number of carbonyl (C=O) groups excluding carboxylic acids is 1. The van der Waals surface area contributed by atoms with Crippen LogP contribution in [0.5, 0.6) is 0 Å². The number of aromatic nitrogens is 1. The van der Waals surface area contributed by atoms with E-state index >= 15 is 0 Å². The second kappa shape index (κ2) is 5.94. The first-order chi connectivity index (χ1) is 9.78. The zero-order valence-electron chi connectivity index (χ0n) is 11.0. The summed E-state index contributed by atoms with van der Waals surface area (Å²) in [6.07, 6.45) is 2.21. The maximum absolute atomic E-state index is 11.6. The fourth-order valence-corrected chi connectivity index (χ4v) is 3.46. The lowest BCUT2D eigenvalue weighted by atomic mass is 10.0. The summed E-state index contributed by atoms with van der Waals surface area (Å²) in [6, 6.07) is 8.54. The van der Waals surface area contributed by atoms with Gasteiger partial charge in [0.15, 0.2) is 10.9 Å². The molecule has 0 saturated heterocycles. The monoisotopic (exact) mass is 306 g/mol. The van der Waals surface area contributed by atoms with Crippen molar-refractivity contribution in [2.75, 3.05) is 17.3 Å². The molecule has 104 valence electrons. The van der Waals surface area contributed by atoms with Crippen molar-refractivity contribution in [2.45, 2.75) is 19.4 Å². The molecular weight excluding hydrogens is 292 g/mol. The molecule has 0 fully saturated rings. The molecular formula is C15H15ClN2OS. The lowest BCUT2D eigenvalue weighted by Gasteiger charge is -2.19. The highest BCUT2D eigenvalue weighted by Crippen LogP contribution is 2.26. The molecule has 20 heavy (non-hydrogen) atoms. The summed E-state index contributed by atoms with van der Waals surface area (Å²) in [5.41, 5.74) is 3.26. The van der Waals surface area contributed by atoms with Gasteiger partial charge in [-0.05, 0) is 24.0 Å². The van der Waals surface area contributed by atoms with Gasteiger partial charge in [-0.2, -0.15) is 0 Å². The van der Waals surface area contributed by atoms with E-state index in [9.17, 15) is 4.79 Å². The summed E-state index contributed by atoms with van der Waals surface area (Å²) in [7, 11) is 0. The van der Waals surface area contributed by atoms with Crippen LogP contribution in [0.4, 0.5) is 5.13 Å². The van der Waals surface area contributed by atoms with Gasteiger partial charge in [0.05, 0.1) is 5.88 Å². The van der Waals surface area contributed by atoms with Crippen LogP contribution in [0.3, 0.4) is 0 Å². The zero-order chi connectivity index (χ0) is 13.9. The van der Waals surface area contributed by atoms with Gasteiger partial charge in [-0.1, -0.05) is 24.3 Å². The molecule has 0 spiro atoms. The average molecular weight is 307 g/mol. The van der Waals surface area contributed by atoms with Gasteiger partial charge in [-0.25, -0.2) is 4.98 Å². The number of fused-ring (bicyclic) bond motifs is 1. The van der Waals surface area contributed by atoms with Crippen molar-refractivity contribution in [1.82, 2.24) is 4.98 Å². The Labute approximate surface area is 127 Å². The first-order valence-electron chi connectivity index (χ1n) is 6.64. The minimum Gasteiger partial charge on any atom is -0.344 e. The SMILES string of the molecule is O=C(CCl)c1csc(N2CCCc3ccccc3C2)n1. The number of aryl methyl sites for hydroxylation is 1. The fourth-order valence-electron chi connectivity index (χ4n) is 2.47. The van der Waals surface area contributed by atoms with E-state index in [2.05, 4.69) is 34.1 Å². The van der Waals surface area contributed by atoms with Crippen molar-refractivity contribution in [2.24, 2.45) is 0 Å². The Hall–Kier alpha value is -1.39. The quantitative estimate of drug-likeness (QED) is 0.642. The van der Waals surface area contributed by atoms with E-state index in [0.717, 1.165) is 31.1 Å². The molecule has 3 nitrogen and oxygen atoms in total. The molecule has 1 aromatic heterocycles. The highest BCUT2D eigenvalue weighted by molar-refractivity contribution is 7.13. The van der Waals surface area contributed by atoms with E-state index in [4.69, 9.17) is 11.6 Å². The fraction of sp³-hybridized carbons (Fsp3) is 0.333. The van der Waals surface area contributed by atoms with E-state index in [1.165, 1.54) is 22.5 Å². The largest absolute Gasteiger partial charge is 0.344 e. The van der Waals surface area contributed by atoms with Crippen LogP contribution in [0.25, 0.3) is 0 Å². The number of ketones is 1. The van der Waals surface area contributed by atoms with Crippen molar-refractivity contribution in [3.8, 4) is 0 Å². The third kappa shape index (κ3) is 2.72. The van der Waals surface area contributed by atoms with E-state index in [1.807, 2.05) is 0 Å². The van der Waals surface area contributed by atoms with Crippen LogP contribution < -0.4 is 4.90 Å². The first kappa shape index (κ1) is 13.6. The van der Waals surface area contributed by atoms with Crippen LogP contribution in [0, 0.1) is 0 Å². The number of halogens is 1. The predicted octanol–water partition coefficient (Wildman–Crippen LogP) is 3.52. The molecule has 2 aromatic rings. The number of hydrogen-bond acceptors (Lipinski definition) is 4. The summed E-state index contributed by atoms with van der Waals surface area (Å²) in [5, 5.41) is 2.71. The van der Waals surface area contributed by atoms with Crippen molar-refractivity contribution in [3.05, 3.63) is 46.5 Å². The Balaban J connectivity index is 1.84. The highest BCUT2D eigenvalue weighted by Gasteiger charge is 2.18. The maximum Gasteiger partial charge on any atom is 0.196 e. The van der Waals surface area contributed by atoms with E-state index in [1.54, 1.807) is 5.38 Å². The van der Waals surface area contributed by atoms with Gasteiger partial charge < -0.3 is 4.90 Å². The number of rotatable bonds is 3. The van der Waals surface area contributed by atoms with Crippen LogP contribution in [0.2, 0.25) is 0 Å². The number of hydrogen-bond donors (Lipinski definition) is 0. The molecule has 0 bridgehead atoms. The Morgan fingerprint density at radius 1 is 1.35 bits per heavy atom. The van der Waals surface area contributed by atoms with Crippen molar-refractivity contribution in [3.63, 3.8) is 0 Å². The van der Waals surface area contributed by atoms with E-state index < -0.39 is 0 Å². The highest BCUT2D eigenvalue weighted by atomic mass is 35.5. The van der Waals surface area contributed by atoms with Gasteiger partial charge in [0.1, 0.15) is 5.69 Å². The molecule has 1 aliphatic rings. The van der Waals surface area contributed by atoms with Crippen molar-refractivity contribution >= 4 is 33.9 Å². The lowest BCUT2D eigenvalue weighted by Crippen LogP contribution is -2.22. The topological polar surface area (TPSA) is 33.2 Å². The number of carbonyl (C=O) groups is 1. The van der Waals surface area contributed by atoms with Crippen LogP contribution in [0.15, 0.2) is 29.6 Å². The molecule has 3 rings (SSSR count). The molecule has 0 aliphatic carbocycles. The van der Waals surface area contributed by atoms with Crippen molar-refractivity contribution < 1.29 is 4.79 Å². The standard InChI is InChI=1S/C15H15ClN2OS/c16-8-14(19)13-10-20-15(17-13)18-7-3-6-11-4-1-2-5-12(11)9-18/h1-2,4-5,10H,3,6-9H2. The number of thiazole rings is 1. The van der Waals surface area contributed by atoms with Crippen molar-refractivity contribution in [1.29, 1.82) is 0 Å². The maximum atomic E-state index is 11.6. The van der Waals surface area contributed by atoms with Gasteiger partial charge in [-0.15, -0.1) is 22.9 Å². The van der Waals surface area contributed by atoms with Crippen LogP contribution in [-0.2, 0) is 13.0 Å². The summed E-state index contributed by atoms with van der Waals surface area (Å²) in [5.74, 6) is -0.115. The van der Waals surface area contributed by atoms with Gasteiger partial charge in [0, 0.05) is 18.5 Å². The first-order valence-corrected chi connectivity index (χ1v) is 8.06. The average Bonchev–Trinajstić information content (AvgIpc) is 2.87. The van der Waals surface area contributed by atoms with Crippen LogP contribution in [0.1, 0.15) is 28.0 Å². The van der Waals surface area contributed by atoms with Crippen LogP contribution in [-0.4, -0.2) is 23.2 Å². The third-order valence-electron chi connectivity index (χ3n) is 3.52. The number of benzene rings is 1. The molecule has 1 aromatic carbocycles. The minimum atomic E-state index is -0.107. The smallest absolute Gasteiger partial charge is 0.196 e. The summed E-state index contributed by atoms with van der Waals surface area (Å²) in [6.45, 7) is 1.83. The third-order valence-corrected chi connectivity index (χ3v) is 4.67. The van der Waals surface area contributed by atoms with Crippen LogP contribution >= 0.6 is 22.9 Å². The number of anilines is 1. The Morgan fingerprint density at radius 2 is 2.15 bits per heavy atom. The van der Waals surface area contributed by atoms with Gasteiger partial charge in [-0.3, -0.25) is 4.79 Å². The number of alkyl halides is 1. The molecule has 0 saturated carbocycles. The molecule has 0 atom stereocenters. The molecule has 0 unspecified atom stereocenters. The molecule has 2 heterocycles. The Kier molecular flexibility index (Phi) is 4.03. The minimum absolute atomic E-state index is 0.00793. The van der Waals surface area contributed by atoms with Gasteiger partial charge in [0.2, 0.25) is 0 Å². The Bertz CT molecular complexity index is 626. The van der Waals surface area contributed by atoms with Gasteiger partial charge >= 0.3 is 0 Å². The lowest BCUT2D eigenvalue weighted by molar-refractivity contribution is 0.101. The summed E-state index contributed by atoms with van der Waals surface area (Å²) < 4.78 is 0. The molecule has 0 radical (unpaired) electrons. The van der Waals surface area contributed by atoms with Gasteiger partial charge in [0.25, 0.3) is 0 Å². The summed E-state index contributed by atoms with van der Waals surface area (Å²) >= 11 is 7.10. The second-order valence-electron chi connectivity index (χ2n) is 4.87. The number of Topliss-reactive ketones (excluding diaryl/α,β-unsaturated/α-hetero) is 1. The summed E-state index contributed by atoms with van der Waals surface area (Å²) in [4.78, 5) is 18.3. The zero-order valence-corrected chi connectivity index (χ0v) is 12.6. The normalized spacial score (nSPS) is 14.8. The van der Waals surface area contributed by atoms with E-state index in [-0.39, 0.29) is 11.7 Å². The molecule has 1 aliphatic heterocycles. The predicted molar refractivity (Wildman–Crippen MR) is 83.0 cm³/mol. The molecule has 0 N–H and O–H groups in total. The van der Waals surface area contributed by atoms with E-state index in [0.29, 0.717) is 5.69 Å². The Morgan fingerprint density at radius 3 is 2.95 bits per heavy atom. The number of nitrogens with zero attached hydrogens (tertiary/aromatic N) is 2.